The maximum absolute atomic E-state index is 12.1. The molecule has 1 amide bonds. The fourth-order valence-electron chi connectivity index (χ4n) is 2.50. The van der Waals surface area contributed by atoms with E-state index in [1.54, 1.807) is 24.4 Å². The van der Waals surface area contributed by atoms with Crippen molar-refractivity contribution in [3.63, 3.8) is 0 Å². The lowest BCUT2D eigenvalue weighted by atomic mass is 9.95. The normalized spacial score (nSPS) is 15.4. The Morgan fingerprint density at radius 2 is 1.89 bits per heavy atom. The topological polar surface area (TPSA) is 76.5 Å². The molecule has 1 N–H and O–H groups in total. The first-order valence-corrected chi connectivity index (χ1v) is 9.31. The van der Waals surface area contributed by atoms with E-state index in [0.717, 1.165) is 17.0 Å². The first-order valence-electron chi connectivity index (χ1n) is 8.56. The maximum Gasteiger partial charge on any atom is 0.232 e. The fourth-order valence-corrected chi connectivity index (χ4v) is 3.01. The van der Waals surface area contributed by atoms with Crippen molar-refractivity contribution in [3.05, 3.63) is 45.7 Å². The molecule has 27 heavy (non-hydrogen) atoms. The molecule has 6 nitrogen and oxygen atoms in total. The molecular formula is C19H20Cl2N4O2. The van der Waals surface area contributed by atoms with Gasteiger partial charge in [0.05, 0.1) is 5.71 Å². The summed E-state index contributed by atoms with van der Waals surface area (Å²) in [5.41, 5.74) is 2.27. The lowest BCUT2D eigenvalue weighted by Crippen LogP contribution is -2.29. The highest BCUT2D eigenvalue weighted by molar-refractivity contribution is 6.34. The monoisotopic (exact) mass is 406 g/mol. The zero-order valence-electron chi connectivity index (χ0n) is 15.3. The molecule has 3 rings (SSSR count). The number of aromatic nitrogens is 2. The van der Waals surface area contributed by atoms with Crippen molar-refractivity contribution >= 4 is 40.8 Å². The first kappa shape index (κ1) is 19.6. The zero-order chi connectivity index (χ0) is 19.6. The summed E-state index contributed by atoms with van der Waals surface area (Å²) < 4.78 is 0. The molecule has 0 atom stereocenters. The molecule has 0 bridgehead atoms. The quantitative estimate of drug-likeness (QED) is 0.749. The third-order valence-corrected chi connectivity index (χ3v) is 4.46. The second kappa shape index (κ2) is 7.82. The molecule has 0 unspecified atom stereocenters. The molecule has 0 aliphatic heterocycles. The lowest BCUT2D eigenvalue weighted by molar-refractivity contribution is -0.123. The highest BCUT2D eigenvalue weighted by Gasteiger charge is 2.23. The van der Waals surface area contributed by atoms with E-state index in [1.165, 1.54) is 0 Å². The van der Waals surface area contributed by atoms with E-state index in [4.69, 9.17) is 28.0 Å². The van der Waals surface area contributed by atoms with Gasteiger partial charge in [-0.05, 0) is 24.5 Å². The van der Waals surface area contributed by atoms with Crippen LogP contribution in [0.2, 0.25) is 10.0 Å². The minimum absolute atomic E-state index is 0.117. The predicted molar refractivity (Wildman–Crippen MR) is 107 cm³/mol. The Balaban J connectivity index is 1.68. The molecule has 0 saturated heterocycles. The van der Waals surface area contributed by atoms with Gasteiger partial charge in [-0.2, -0.15) is 0 Å². The Morgan fingerprint density at radius 1 is 1.19 bits per heavy atom. The molecule has 0 spiro atoms. The summed E-state index contributed by atoms with van der Waals surface area (Å²) in [5, 5.41) is 7.95. The summed E-state index contributed by atoms with van der Waals surface area (Å²) in [6, 6.07) is 4.94. The van der Waals surface area contributed by atoms with Gasteiger partial charge in [-0.15, -0.1) is 0 Å². The van der Waals surface area contributed by atoms with E-state index in [1.807, 2.05) is 20.8 Å². The summed E-state index contributed by atoms with van der Waals surface area (Å²) in [6.07, 6.45) is 3.74. The number of aryl methyl sites for hydroxylation is 1. The number of benzene rings is 1. The van der Waals surface area contributed by atoms with Crippen LogP contribution in [0, 0.1) is 5.41 Å². The van der Waals surface area contributed by atoms with Gasteiger partial charge in [0, 0.05) is 45.9 Å². The number of hydrogen-bond donors (Lipinski definition) is 1. The summed E-state index contributed by atoms with van der Waals surface area (Å²) in [7, 11) is 0. The maximum atomic E-state index is 12.1. The van der Waals surface area contributed by atoms with Gasteiger partial charge >= 0.3 is 0 Å². The third-order valence-electron chi connectivity index (χ3n) is 4.02. The van der Waals surface area contributed by atoms with E-state index >= 15 is 0 Å². The third kappa shape index (κ3) is 5.17. The second-order valence-electron chi connectivity index (χ2n) is 7.40. The smallest absolute Gasteiger partial charge is 0.232 e. The summed E-state index contributed by atoms with van der Waals surface area (Å²) in [4.78, 5) is 26.3. The van der Waals surface area contributed by atoms with Crippen LogP contribution < -0.4 is 10.2 Å². The largest absolute Gasteiger partial charge is 0.357 e. The molecule has 1 aromatic carbocycles. The number of amides is 1. The van der Waals surface area contributed by atoms with E-state index in [0.29, 0.717) is 41.0 Å². The molecular weight excluding hydrogens is 387 g/mol. The first-order chi connectivity index (χ1) is 12.7. The van der Waals surface area contributed by atoms with Crippen LogP contribution in [0.4, 0.5) is 5.95 Å². The zero-order valence-corrected chi connectivity index (χ0v) is 16.9. The van der Waals surface area contributed by atoms with E-state index < -0.39 is 5.41 Å². The van der Waals surface area contributed by atoms with E-state index in [9.17, 15) is 4.79 Å². The van der Waals surface area contributed by atoms with Gasteiger partial charge < -0.3 is 4.84 Å². The number of oxime groups is 1. The van der Waals surface area contributed by atoms with Crippen LogP contribution >= 0.6 is 23.2 Å². The number of halogens is 2. The molecule has 0 radical (unpaired) electrons. The molecule has 1 aliphatic carbocycles. The van der Waals surface area contributed by atoms with Crippen molar-refractivity contribution in [2.45, 2.75) is 40.0 Å². The number of rotatable bonds is 3. The van der Waals surface area contributed by atoms with Crippen molar-refractivity contribution < 1.29 is 9.63 Å². The Hall–Kier alpha value is -2.18. The minimum Gasteiger partial charge on any atom is -0.357 e. The Labute approximate surface area is 167 Å². The van der Waals surface area contributed by atoms with Gasteiger partial charge in [0.25, 0.3) is 0 Å². The highest BCUT2D eigenvalue weighted by atomic mass is 35.5. The van der Waals surface area contributed by atoms with Crippen LogP contribution in [0.15, 0.2) is 29.6 Å². The Bertz CT molecular complexity index is 887. The van der Waals surface area contributed by atoms with E-state index in [-0.39, 0.29) is 5.91 Å². The lowest BCUT2D eigenvalue weighted by Gasteiger charge is -2.19. The number of carbonyl (C=O) groups is 1. The van der Waals surface area contributed by atoms with Gasteiger partial charge in [-0.1, -0.05) is 49.1 Å². The van der Waals surface area contributed by atoms with Crippen LogP contribution in [-0.2, 0) is 17.6 Å². The summed E-state index contributed by atoms with van der Waals surface area (Å²) in [6.45, 7) is 5.53. The number of nitrogens with zero attached hydrogens (tertiary/aromatic N) is 3. The Kier molecular flexibility index (Phi) is 5.67. The van der Waals surface area contributed by atoms with Crippen LogP contribution in [-0.4, -0.2) is 21.6 Å². The minimum atomic E-state index is -0.500. The average Bonchev–Trinajstić information content (AvgIpc) is 2.58. The predicted octanol–water partition coefficient (Wildman–Crippen LogP) is 4.69. The van der Waals surface area contributed by atoms with Gasteiger partial charge in [-0.25, -0.2) is 9.97 Å². The van der Waals surface area contributed by atoms with Gasteiger partial charge in [0.15, 0.2) is 5.75 Å². The second-order valence-corrected chi connectivity index (χ2v) is 8.27. The van der Waals surface area contributed by atoms with E-state index in [2.05, 4.69) is 20.4 Å². The van der Waals surface area contributed by atoms with Gasteiger partial charge in [0.2, 0.25) is 11.9 Å². The molecule has 1 heterocycles. The Morgan fingerprint density at radius 3 is 2.56 bits per heavy atom. The van der Waals surface area contributed by atoms with Crippen molar-refractivity contribution in [3.8, 4) is 5.75 Å². The number of nitrogens with one attached hydrogen (secondary N) is 1. The molecule has 2 aromatic rings. The number of hydrogen-bond acceptors (Lipinski definition) is 5. The summed E-state index contributed by atoms with van der Waals surface area (Å²) in [5.74, 6) is 0.704. The van der Waals surface area contributed by atoms with Crippen molar-refractivity contribution in [1.29, 1.82) is 0 Å². The van der Waals surface area contributed by atoms with Crippen molar-refractivity contribution in [1.82, 2.24) is 9.97 Å². The molecule has 0 saturated carbocycles. The van der Waals surface area contributed by atoms with Gasteiger partial charge in [0.1, 0.15) is 0 Å². The standard InChI is InChI=1S/C19H20Cl2N4O2/c1-19(2,3)17(26)24-18-22-10-11-6-14(4-5-16(11)23-18)25-27-15-8-12(20)7-13(21)9-15/h7-10H,4-6H2,1-3H3,(H,22,23,24,26). The van der Waals surface area contributed by atoms with Crippen LogP contribution in [0.1, 0.15) is 38.4 Å². The van der Waals surface area contributed by atoms with Gasteiger partial charge in [-0.3, -0.25) is 10.1 Å². The highest BCUT2D eigenvalue weighted by Crippen LogP contribution is 2.25. The molecule has 8 heteroatoms. The van der Waals surface area contributed by atoms with Crippen LogP contribution in [0.25, 0.3) is 0 Å². The molecule has 142 valence electrons. The van der Waals surface area contributed by atoms with Crippen molar-refractivity contribution in [2.75, 3.05) is 5.32 Å². The van der Waals surface area contributed by atoms with Crippen molar-refractivity contribution in [2.24, 2.45) is 10.6 Å². The fraction of sp³-hybridized carbons (Fsp3) is 0.368. The SMILES string of the molecule is CC(C)(C)C(=O)Nc1ncc2c(n1)CCC(=NOc1cc(Cl)cc(Cl)c1)C2. The molecule has 1 aliphatic rings. The average molecular weight is 407 g/mol. The number of anilines is 1. The van der Waals surface area contributed by atoms with Crippen LogP contribution in [0.3, 0.4) is 0 Å². The van der Waals surface area contributed by atoms with Crippen LogP contribution in [0.5, 0.6) is 5.75 Å². The number of fused-ring (bicyclic) bond motifs is 1. The molecule has 0 fully saturated rings. The summed E-state index contributed by atoms with van der Waals surface area (Å²) >= 11 is 11.9. The molecule has 1 aromatic heterocycles. The number of carbonyl (C=O) groups excluding carboxylic acids is 1.